The SMILES string of the molecule is CC(O)C(=O)[O-].CC(O)C(=O)[O-].CC(O)C(=O)[O-].CC(O)C(=O)[O-].N.[Ti+4]. The zero-order valence-electron chi connectivity index (χ0n) is 14.6. The molecule has 152 valence electrons. The van der Waals surface area contributed by atoms with Crippen LogP contribution >= 0.6 is 0 Å². The minimum Gasteiger partial charge on any atom is -0.547 e. The summed E-state index contributed by atoms with van der Waals surface area (Å²) in [5, 5.41) is 69.2. The van der Waals surface area contributed by atoms with Gasteiger partial charge in [0, 0.05) is 0 Å². The fourth-order valence-corrected chi connectivity index (χ4v) is 0. The van der Waals surface area contributed by atoms with E-state index in [2.05, 4.69) is 0 Å². The van der Waals surface area contributed by atoms with Gasteiger partial charge in [-0.15, -0.1) is 0 Å². The van der Waals surface area contributed by atoms with Crippen LogP contribution in [0.15, 0.2) is 0 Å². The molecule has 7 N–H and O–H groups in total. The fourth-order valence-electron chi connectivity index (χ4n) is 0. The molecule has 0 saturated carbocycles. The number of carbonyl (C=O) groups excluding carboxylic acids is 4. The topological polar surface area (TPSA) is 276 Å². The molecule has 0 aromatic rings. The maximum atomic E-state index is 9.34. The van der Waals surface area contributed by atoms with Crippen LogP contribution in [0.4, 0.5) is 0 Å². The van der Waals surface area contributed by atoms with Crippen molar-refractivity contribution in [3.8, 4) is 0 Å². The second-order valence-electron chi connectivity index (χ2n) is 3.98. The Morgan fingerprint density at radius 1 is 0.538 bits per heavy atom. The first-order valence-corrected chi connectivity index (χ1v) is 6.13. The minimum atomic E-state index is -1.44. The van der Waals surface area contributed by atoms with Crippen LogP contribution in [0.2, 0.25) is 0 Å². The van der Waals surface area contributed by atoms with E-state index in [1.54, 1.807) is 0 Å². The van der Waals surface area contributed by atoms with Gasteiger partial charge in [-0.25, -0.2) is 0 Å². The molecule has 0 bridgehead atoms. The van der Waals surface area contributed by atoms with E-state index in [0.29, 0.717) is 0 Å². The van der Waals surface area contributed by atoms with Crippen LogP contribution in [0.3, 0.4) is 0 Å². The third-order valence-corrected chi connectivity index (χ3v) is 1.36. The van der Waals surface area contributed by atoms with Crippen molar-refractivity contribution >= 4 is 23.9 Å². The number of aliphatic hydroxyl groups is 4. The van der Waals surface area contributed by atoms with Crippen LogP contribution in [0.5, 0.6) is 0 Å². The van der Waals surface area contributed by atoms with Gasteiger partial charge in [0.1, 0.15) is 0 Å². The molecule has 0 saturated heterocycles. The number of carboxylic acids is 4. The summed E-state index contributed by atoms with van der Waals surface area (Å²) >= 11 is 0. The predicted octanol–water partition coefficient (Wildman–Crippen LogP) is -7.37. The summed E-state index contributed by atoms with van der Waals surface area (Å²) in [5.41, 5.74) is 0. The van der Waals surface area contributed by atoms with Crippen molar-refractivity contribution in [2.24, 2.45) is 0 Å². The summed E-state index contributed by atoms with van der Waals surface area (Å²) in [4.78, 5) is 37.4. The Morgan fingerprint density at radius 3 is 0.577 bits per heavy atom. The Morgan fingerprint density at radius 2 is 0.577 bits per heavy atom. The number of hydrogen-bond acceptors (Lipinski definition) is 13. The van der Waals surface area contributed by atoms with Crippen molar-refractivity contribution in [2.45, 2.75) is 52.1 Å². The molecule has 0 spiro atoms. The molecular weight excluding hydrogens is 398 g/mol. The maximum absolute atomic E-state index is 9.34. The largest absolute Gasteiger partial charge is 4.00 e. The zero-order valence-corrected chi connectivity index (χ0v) is 16.1. The molecule has 0 fully saturated rings. The van der Waals surface area contributed by atoms with E-state index in [9.17, 15) is 39.6 Å². The second kappa shape index (κ2) is 23.4. The average molecular weight is 421 g/mol. The minimum absolute atomic E-state index is 0. The van der Waals surface area contributed by atoms with Gasteiger partial charge in [0.05, 0.1) is 48.3 Å². The van der Waals surface area contributed by atoms with Gasteiger partial charge in [0.25, 0.3) is 0 Å². The van der Waals surface area contributed by atoms with Crippen molar-refractivity contribution in [1.82, 2.24) is 6.15 Å². The summed E-state index contributed by atoms with van der Waals surface area (Å²) in [6, 6.07) is 0. The number of carboxylic acid groups (broad SMARTS) is 4. The molecule has 0 amide bonds. The van der Waals surface area contributed by atoms with Crippen LogP contribution in [-0.4, -0.2) is 68.7 Å². The molecule has 0 radical (unpaired) electrons. The van der Waals surface area contributed by atoms with Crippen LogP contribution in [0.25, 0.3) is 0 Å². The Bertz CT molecular complexity index is 312. The first kappa shape index (κ1) is 39.5. The maximum Gasteiger partial charge on any atom is 4.00 e. The van der Waals surface area contributed by atoms with Gasteiger partial charge < -0.3 is 66.2 Å². The molecule has 14 heteroatoms. The van der Waals surface area contributed by atoms with Crippen LogP contribution < -0.4 is 26.6 Å². The normalized spacial score (nSPS) is 12.6. The first-order chi connectivity index (χ1) is 10.6. The molecule has 0 aromatic heterocycles. The molecule has 0 aliphatic carbocycles. The van der Waals surface area contributed by atoms with Crippen LogP contribution in [0, 0.1) is 0 Å². The molecule has 0 rings (SSSR count). The number of carbonyl (C=O) groups is 4. The van der Waals surface area contributed by atoms with Gasteiger partial charge in [-0.05, 0) is 27.7 Å². The summed E-state index contributed by atoms with van der Waals surface area (Å²) in [7, 11) is 0. The Labute approximate surface area is 164 Å². The molecular formula is C12H23NO12Ti. The van der Waals surface area contributed by atoms with E-state index >= 15 is 0 Å². The summed E-state index contributed by atoms with van der Waals surface area (Å²) in [6.07, 6.45) is -5.37. The fraction of sp³-hybridized carbons (Fsp3) is 0.667. The third-order valence-electron chi connectivity index (χ3n) is 1.36. The number of rotatable bonds is 4. The van der Waals surface area contributed by atoms with Crippen LogP contribution in [0.1, 0.15) is 27.7 Å². The average Bonchev–Trinajstić information content (AvgIpc) is 2.40. The molecule has 0 heterocycles. The standard InChI is InChI=1S/4C3H6O3.H3N.Ti/c4*1-2(4)3(5)6;;/h4*2,4H,1H3,(H,5,6);1H3;/q;;;;;+4/p-4. The quantitative estimate of drug-likeness (QED) is 0.264. The second-order valence-corrected chi connectivity index (χ2v) is 3.98. The molecule has 0 aromatic carbocycles. The smallest absolute Gasteiger partial charge is 0.547 e. The van der Waals surface area contributed by atoms with Gasteiger partial charge in [-0.2, -0.15) is 0 Å². The Kier molecular flexibility index (Phi) is 35.5. The predicted molar refractivity (Wildman–Crippen MR) is 71.8 cm³/mol. The van der Waals surface area contributed by atoms with Gasteiger partial charge in [0.2, 0.25) is 0 Å². The van der Waals surface area contributed by atoms with E-state index in [1.807, 2.05) is 0 Å². The van der Waals surface area contributed by atoms with Crippen molar-refractivity contribution in [3.63, 3.8) is 0 Å². The van der Waals surface area contributed by atoms with E-state index in [1.165, 1.54) is 0 Å². The zero-order chi connectivity index (χ0) is 20.6. The number of aliphatic carboxylic acids is 4. The molecule has 4 unspecified atom stereocenters. The number of hydrogen-bond donors (Lipinski definition) is 5. The van der Waals surface area contributed by atoms with Gasteiger partial charge >= 0.3 is 21.7 Å². The van der Waals surface area contributed by atoms with Crippen molar-refractivity contribution in [3.05, 3.63) is 0 Å². The number of aliphatic hydroxyl groups excluding tert-OH is 4. The van der Waals surface area contributed by atoms with Crippen molar-refractivity contribution in [1.29, 1.82) is 0 Å². The third kappa shape index (κ3) is 49.5. The van der Waals surface area contributed by atoms with E-state index < -0.39 is 48.3 Å². The Balaban J connectivity index is -0.0000000500. The van der Waals surface area contributed by atoms with Gasteiger partial charge in [0.15, 0.2) is 0 Å². The van der Waals surface area contributed by atoms with Crippen molar-refractivity contribution < 1.29 is 81.7 Å². The molecule has 4 atom stereocenters. The summed E-state index contributed by atoms with van der Waals surface area (Å²) in [5.74, 6) is -5.74. The summed E-state index contributed by atoms with van der Waals surface area (Å²) < 4.78 is 0. The Hall–Kier alpha value is -1.61. The molecule has 0 aliphatic heterocycles. The van der Waals surface area contributed by atoms with Gasteiger partial charge in [-0.1, -0.05) is 0 Å². The van der Waals surface area contributed by atoms with E-state index in [4.69, 9.17) is 20.4 Å². The van der Waals surface area contributed by atoms with Gasteiger partial charge in [-0.3, -0.25) is 0 Å². The van der Waals surface area contributed by atoms with E-state index in [-0.39, 0.29) is 27.9 Å². The summed E-state index contributed by atoms with van der Waals surface area (Å²) in [6.45, 7) is 4.54. The molecule has 26 heavy (non-hydrogen) atoms. The van der Waals surface area contributed by atoms with Crippen LogP contribution in [-0.2, 0) is 40.9 Å². The van der Waals surface area contributed by atoms with E-state index in [0.717, 1.165) is 27.7 Å². The first-order valence-electron chi connectivity index (χ1n) is 6.13. The molecule has 13 nitrogen and oxygen atoms in total. The van der Waals surface area contributed by atoms with Crippen molar-refractivity contribution in [2.75, 3.05) is 0 Å². The monoisotopic (exact) mass is 421 g/mol. The molecule has 0 aliphatic rings.